The molecule has 1 atom stereocenters. The van der Waals surface area contributed by atoms with E-state index in [2.05, 4.69) is 5.32 Å². The highest BCUT2D eigenvalue weighted by Crippen LogP contribution is 2.30. The van der Waals surface area contributed by atoms with Crippen LogP contribution in [0.1, 0.15) is 30.9 Å². The van der Waals surface area contributed by atoms with E-state index in [0.29, 0.717) is 25.5 Å². The first kappa shape index (κ1) is 15.9. The van der Waals surface area contributed by atoms with Crippen LogP contribution in [0, 0.1) is 5.82 Å². The Morgan fingerprint density at radius 2 is 1.95 bits per heavy atom. The fourth-order valence-electron chi connectivity index (χ4n) is 1.62. The second-order valence-electron chi connectivity index (χ2n) is 4.37. The van der Waals surface area contributed by atoms with Gasteiger partial charge in [-0.1, -0.05) is 6.92 Å². The van der Waals surface area contributed by atoms with Gasteiger partial charge in [0.2, 0.25) is 0 Å². The van der Waals surface area contributed by atoms with Crippen molar-refractivity contribution in [1.82, 2.24) is 5.32 Å². The van der Waals surface area contributed by atoms with E-state index in [-0.39, 0.29) is 12.1 Å². The standard InChI is InChI=1S/C13H17F4NO/c1-2-12(19)3-4-18-8-9-5-10(13(15,16)17)7-11(14)6-9/h5-7,12,18-19H,2-4,8H2,1H3. The Balaban J connectivity index is 2.57. The summed E-state index contributed by atoms with van der Waals surface area (Å²) in [6.45, 7) is 2.44. The van der Waals surface area contributed by atoms with Crippen molar-refractivity contribution >= 4 is 0 Å². The third-order valence-corrected chi connectivity index (χ3v) is 2.74. The van der Waals surface area contributed by atoms with Crippen LogP contribution in [0.15, 0.2) is 18.2 Å². The number of benzene rings is 1. The minimum absolute atomic E-state index is 0.136. The van der Waals surface area contributed by atoms with E-state index in [4.69, 9.17) is 0 Å². The summed E-state index contributed by atoms with van der Waals surface area (Å²) < 4.78 is 50.5. The molecule has 0 amide bonds. The van der Waals surface area contributed by atoms with Crippen molar-refractivity contribution in [3.63, 3.8) is 0 Å². The number of halogens is 4. The van der Waals surface area contributed by atoms with Gasteiger partial charge in [0.05, 0.1) is 11.7 Å². The number of hydrogen-bond acceptors (Lipinski definition) is 2. The Morgan fingerprint density at radius 3 is 2.53 bits per heavy atom. The zero-order valence-electron chi connectivity index (χ0n) is 10.6. The van der Waals surface area contributed by atoms with Gasteiger partial charge in [0.1, 0.15) is 5.82 Å². The van der Waals surface area contributed by atoms with Crippen LogP contribution in [0.2, 0.25) is 0 Å². The van der Waals surface area contributed by atoms with Crippen molar-refractivity contribution < 1.29 is 22.7 Å². The number of rotatable bonds is 6. The molecule has 2 nitrogen and oxygen atoms in total. The van der Waals surface area contributed by atoms with E-state index < -0.39 is 23.7 Å². The Labute approximate surface area is 109 Å². The second kappa shape index (κ2) is 6.86. The summed E-state index contributed by atoms with van der Waals surface area (Å²) >= 11 is 0. The molecular formula is C13H17F4NO. The topological polar surface area (TPSA) is 32.3 Å². The van der Waals surface area contributed by atoms with E-state index in [1.807, 2.05) is 6.92 Å². The Hall–Kier alpha value is -1.14. The fraction of sp³-hybridized carbons (Fsp3) is 0.538. The Bertz CT molecular complexity index is 406. The summed E-state index contributed by atoms with van der Waals surface area (Å²) in [5.41, 5.74) is -0.754. The van der Waals surface area contributed by atoms with Crippen molar-refractivity contribution in [3.05, 3.63) is 35.1 Å². The minimum atomic E-state index is -4.55. The smallest absolute Gasteiger partial charge is 0.393 e. The van der Waals surface area contributed by atoms with E-state index in [1.54, 1.807) is 0 Å². The minimum Gasteiger partial charge on any atom is -0.393 e. The molecule has 0 saturated carbocycles. The number of nitrogens with one attached hydrogen (secondary N) is 1. The highest BCUT2D eigenvalue weighted by molar-refractivity contribution is 5.26. The molecule has 0 heterocycles. The summed E-state index contributed by atoms with van der Waals surface area (Å²) in [5.74, 6) is -0.903. The maximum Gasteiger partial charge on any atom is 0.416 e. The average Bonchev–Trinajstić information content (AvgIpc) is 2.32. The van der Waals surface area contributed by atoms with Gasteiger partial charge in [0.15, 0.2) is 0 Å². The van der Waals surface area contributed by atoms with Crippen molar-refractivity contribution in [1.29, 1.82) is 0 Å². The molecule has 0 aliphatic carbocycles. The molecule has 0 bridgehead atoms. The van der Waals surface area contributed by atoms with Crippen LogP contribution in [-0.2, 0) is 12.7 Å². The molecule has 0 saturated heterocycles. The molecule has 1 unspecified atom stereocenters. The first-order valence-corrected chi connectivity index (χ1v) is 6.08. The normalized spacial score (nSPS) is 13.6. The van der Waals surface area contributed by atoms with Crippen molar-refractivity contribution in [3.8, 4) is 0 Å². The van der Waals surface area contributed by atoms with Gasteiger partial charge < -0.3 is 10.4 Å². The first-order valence-electron chi connectivity index (χ1n) is 6.08. The van der Waals surface area contributed by atoms with E-state index in [9.17, 15) is 22.7 Å². The van der Waals surface area contributed by atoms with Crippen molar-refractivity contribution in [2.24, 2.45) is 0 Å². The predicted molar refractivity (Wildman–Crippen MR) is 64.0 cm³/mol. The largest absolute Gasteiger partial charge is 0.416 e. The molecule has 1 aromatic rings. The van der Waals surface area contributed by atoms with Crippen LogP contribution in [0.5, 0.6) is 0 Å². The second-order valence-corrected chi connectivity index (χ2v) is 4.37. The summed E-state index contributed by atoms with van der Waals surface area (Å²) in [6, 6.07) is 2.47. The molecule has 0 spiro atoms. The van der Waals surface area contributed by atoms with Crippen LogP contribution in [0.25, 0.3) is 0 Å². The van der Waals surface area contributed by atoms with Crippen molar-refractivity contribution in [2.75, 3.05) is 6.54 Å². The lowest BCUT2D eigenvalue weighted by Crippen LogP contribution is -2.20. The van der Waals surface area contributed by atoms with Gasteiger partial charge >= 0.3 is 6.18 Å². The predicted octanol–water partition coefficient (Wildman–Crippen LogP) is 3.10. The first-order chi connectivity index (χ1) is 8.82. The molecule has 0 radical (unpaired) electrons. The highest BCUT2D eigenvalue weighted by Gasteiger charge is 2.31. The van der Waals surface area contributed by atoms with Gasteiger partial charge in [0.25, 0.3) is 0 Å². The average molecular weight is 279 g/mol. The number of alkyl halides is 3. The van der Waals surface area contributed by atoms with Gasteiger partial charge in [-0.3, -0.25) is 0 Å². The summed E-state index contributed by atoms with van der Waals surface area (Å²) in [6.07, 6.45) is -3.83. The van der Waals surface area contributed by atoms with E-state index in [0.717, 1.165) is 12.1 Å². The maximum absolute atomic E-state index is 13.1. The van der Waals surface area contributed by atoms with Crippen LogP contribution in [0.3, 0.4) is 0 Å². The molecular weight excluding hydrogens is 262 g/mol. The number of aliphatic hydroxyl groups is 1. The molecule has 0 fully saturated rings. The maximum atomic E-state index is 13.1. The monoisotopic (exact) mass is 279 g/mol. The lowest BCUT2D eigenvalue weighted by atomic mass is 10.1. The third kappa shape index (κ3) is 5.57. The molecule has 1 rings (SSSR count). The van der Waals surface area contributed by atoms with Gasteiger partial charge in [0, 0.05) is 6.54 Å². The van der Waals surface area contributed by atoms with E-state index >= 15 is 0 Å². The molecule has 0 aliphatic rings. The molecule has 1 aromatic carbocycles. The number of hydrogen-bond donors (Lipinski definition) is 2. The Kier molecular flexibility index (Phi) is 5.75. The molecule has 19 heavy (non-hydrogen) atoms. The lowest BCUT2D eigenvalue weighted by molar-refractivity contribution is -0.137. The van der Waals surface area contributed by atoms with E-state index in [1.165, 1.54) is 0 Å². The summed E-state index contributed by atoms with van der Waals surface area (Å²) in [4.78, 5) is 0. The van der Waals surface area contributed by atoms with Crippen molar-refractivity contribution in [2.45, 2.75) is 38.6 Å². The summed E-state index contributed by atoms with van der Waals surface area (Å²) in [5, 5.41) is 12.2. The SMILES string of the molecule is CCC(O)CCNCc1cc(F)cc(C(F)(F)F)c1. The third-order valence-electron chi connectivity index (χ3n) is 2.74. The van der Waals surface area contributed by atoms with Gasteiger partial charge in [-0.25, -0.2) is 4.39 Å². The molecule has 0 aromatic heterocycles. The van der Waals surface area contributed by atoms with Crippen LogP contribution in [-0.4, -0.2) is 17.8 Å². The van der Waals surface area contributed by atoms with Crippen LogP contribution >= 0.6 is 0 Å². The van der Waals surface area contributed by atoms with Crippen LogP contribution in [0.4, 0.5) is 17.6 Å². The Morgan fingerprint density at radius 1 is 1.26 bits per heavy atom. The highest BCUT2D eigenvalue weighted by atomic mass is 19.4. The fourth-order valence-corrected chi connectivity index (χ4v) is 1.62. The zero-order valence-corrected chi connectivity index (χ0v) is 10.6. The zero-order chi connectivity index (χ0) is 14.5. The quantitative estimate of drug-likeness (QED) is 0.619. The van der Waals surface area contributed by atoms with Gasteiger partial charge in [-0.05, 0) is 43.1 Å². The van der Waals surface area contributed by atoms with Gasteiger partial charge in [-0.15, -0.1) is 0 Å². The molecule has 0 aliphatic heterocycles. The van der Waals surface area contributed by atoms with Crippen LogP contribution < -0.4 is 5.32 Å². The summed E-state index contributed by atoms with van der Waals surface area (Å²) in [7, 11) is 0. The van der Waals surface area contributed by atoms with Gasteiger partial charge in [-0.2, -0.15) is 13.2 Å². The molecule has 6 heteroatoms. The molecule has 108 valence electrons. The molecule has 2 N–H and O–H groups in total. The lowest BCUT2D eigenvalue weighted by Gasteiger charge is -2.11. The number of aliphatic hydroxyl groups excluding tert-OH is 1.